The van der Waals surface area contributed by atoms with E-state index in [1.165, 1.54) is 23.0 Å². The molecule has 1 aromatic carbocycles. The minimum atomic E-state index is -4.50. The van der Waals surface area contributed by atoms with Gasteiger partial charge in [-0.15, -0.1) is 0 Å². The molecule has 1 unspecified atom stereocenters. The predicted molar refractivity (Wildman–Crippen MR) is 103 cm³/mol. The minimum Gasteiger partial charge on any atom is -0.345 e. The van der Waals surface area contributed by atoms with Crippen molar-refractivity contribution in [2.75, 3.05) is 0 Å². The van der Waals surface area contributed by atoms with Gasteiger partial charge in [0.15, 0.2) is 5.82 Å². The number of amides is 1. The third-order valence-electron chi connectivity index (χ3n) is 4.61. The first-order chi connectivity index (χ1) is 14.1. The Labute approximate surface area is 170 Å². The van der Waals surface area contributed by atoms with Crippen LogP contribution in [0.1, 0.15) is 59.9 Å². The Bertz CT molecular complexity index is 1040. The van der Waals surface area contributed by atoms with Gasteiger partial charge in [0.05, 0.1) is 29.1 Å². The van der Waals surface area contributed by atoms with E-state index in [-0.39, 0.29) is 17.3 Å². The summed E-state index contributed by atoms with van der Waals surface area (Å²) in [6.45, 7) is 5.32. The molecule has 3 aromatic rings. The lowest BCUT2D eigenvalue weighted by molar-refractivity contribution is -0.137. The van der Waals surface area contributed by atoms with Crippen LogP contribution in [-0.2, 0) is 6.18 Å². The van der Waals surface area contributed by atoms with Crippen molar-refractivity contribution in [3.8, 4) is 5.82 Å². The van der Waals surface area contributed by atoms with Crippen LogP contribution in [0.4, 0.5) is 17.6 Å². The quantitative estimate of drug-likeness (QED) is 0.589. The van der Waals surface area contributed by atoms with Crippen molar-refractivity contribution in [3.05, 3.63) is 77.0 Å². The summed E-state index contributed by atoms with van der Waals surface area (Å²) in [5.74, 6) is -0.916. The molecule has 1 amide bonds. The van der Waals surface area contributed by atoms with E-state index in [2.05, 4.69) is 15.4 Å². The van der Waals surface area contributed by atoms with E-state index in [1.54, 1.807) is 25.1 Å². The van der Waals surface area contributed by atoms with Gasteiger partial charge in [0, 0.05) is 11.8 Å². The number of nitrogens with zero attached hydrogens (tertiary/aromatic N) is 3. The first-order valence-corrected chi connectivity index (χ1v) is 9.26. The number of benzene rings is 1. The molecule has 3 rings (SSSR count). The molecule has 9 heteroatoms. The van der Waals surface area contributed by atoms with Crippen molar-refractivity contribution in [1.82, 2.24) is 20.1 Å². The number of alkyl halides is 3. The molecule has 1 atom stereocenters. The summed E-state index contributed by atoms with van der Waals surface area (Å²) in [6, 6.07) is 7.65. The molecular formula is C21H20F4N4O. The number of halogens is 4. The maximum absolute atomic E-state index is 14.0. The SMILES string of the molecule is CC(C)c1c(C(=O)NC(C)c2ccccc2F)cnn1-c1ccc(C(F)(F)F)cn1. The standard InChI is InChI=1S/C21H20F4N4O/c1-12(2)19-16(20(30)28-13(3)15-6-4-5-7-17(15)22)11-27-29(19)18-9-8-14(10-26-18)21(23,24)25/h4-13H,1-3H3,(H,28,30). The Hall–Kier alpha value is -3.23. The molecule has 0 fully saturated rings. The van der Waals surface area contributed by atoms with Gasteiger partial charge in [0.2, 0.25) is 0 Å². The molecule has 0 saturated heterocycles. The van der Waals surface area contributed by atoms with Gasteiger partial charge < -0.3 is 5.32 Å². The van der Waals surface area contributed by atoms with E-state index in [0.717, 1.165) is 12.3 Å². The van der Waals surface area contributed by atoms with Gasteiger partial charge in [-0.25, -0.2) is 14.1 Å². The number of hydrogen-bond acceptors (Lipinski definition) is 3. The molecule has 0 aliphatic carbocycles. The van der Waals surface area contributed by atoms with Crippen LogP contribution < -0.4 is 5.32 Å². The number of aromatic nitrogens is 3. The first-order valence-electron chi connectivity index (χ1n) is 9.26. The summed E-state index contributed by atoms with van der Waals surface area (Å²) >= 11 is 0. The molecule has 2 aromatic heterocycles. The van der Waals surface area contributed by atoms with E-state index < -0.39 is 29.5 Å². The normalized spacial score (nSPS) is 12.8. The zero-order chi connectivity index (χ0) is 22.1. The second kappa shape index (κ2) is 8.25. The van der Waals surface area contributed by atoms with Gasteiger partial charge in [-0.1, -0.05) is 32.0 Å². The summed E-state index contributed by atoms with van der Waals surface area (Å²) in [6.07, 6.45) is -2.44. The Morgan fingerprint density at radius 1 is 1.07 bits per heavy atom. The van der Waals surface area contributed by atoms with Gasteiger partial charge >= 0.3 is 6.18 Å². The van der Waals surface area contributed by atoms with Crippen LogP contribution in [0.5, 0.6) is 0 Å². The van der Waals surface area contributed by atoms with E-state index in [4.69, 9.17) is 0 Å². The van der Waals surface area contributed by atoms with Gasteiger partial charge in [-0.05, 0) is 31.0 Å². The highest BCUT2D eigenvalue weighted by atomic mass is 19.4. The van der Waals surface area contributed by atoms with Crippen LogP contribution in [0.3, 0.4) is 0 Å². The van der Waals surface area contributed by atoms with Crippen LogP contribution in [0.25, 0.3) is 5.82 Å². The van der Waals surface area contributed by atoms with Crippen molar-refractivity contribution < 1.29 is 22.4 Å². The Morgan fingerprint density at radius 3 is 2.33 bits per heavy atom. The molecule has 30 heavy (non-hydrogen) atoms. The molecule has 2 heterocycles. The average molecular weight is 420 g/mol. The topological polar surface area (TPSA) is 59.8 Å². The third-order valence-corrected chi connectivity index (χ3v) is 4.61. The number of pyridine rings is 1. The Kier molecular flexibility index (Phi) is 5.91. The number of rotatable bonds is 5. The maximum Gasteiger partial charge on any atom is 0.417 e. The second-order valence-electron chi connectivity index (χ2n) is 7.13. The van der Waals surface area contributed by atoms with Crippen LogP contribution >= 0.6 is 0 Å². The largest absolute Gasteiger partial charge is 0.417 e. The lowest BCUT2D eigenvalue weighted by atomic mass is 10.0. The average Bonchev–Trinajstić information content (AvgIpc) is 3.13. The zero-order valence-corrected chi connectivity index (χ0v) is 16.5. The number of carbonyl (C=O) groups is 1. The molecule has 5 nitrogen and oxygen atoms in total. The molecule has 158 valence electrons. The highest BCUT2D eigenvalue weighted by Gasteiger charge is 2.31. The maximum atomic E-state index is 14.0. The molecular weight excluding hydrogens is 400 g/mol. The van der Waals surface area contributed by atoms with E-state index in [9.17, 15) is 22.4 Å². The zero-order valence-electron chi connectivity index (χ0n) is 16.5. The molecule has 0 radical (unpaired) electrons. The van der Waals surface area contributed by atoms with Crippen molar-refractivity contribution in [2.45, 2.75) is 38.9 Å². The van der Waals surface area contributed by atoms with E-state index >= 15 is 0 Å². The molecule has 0 aliphatic heterocycles. The summed E-state index contributed by atoms with van der Waals surface area (Å²) < 4.78 is 53.7. The van der Waals surface area contributed by atoms with Crippen molar-refractivity contribution in [1.29, 1.82) is 0 Å². The Morgan fingerprint density at radius 2 is 1.77 bits per heavy atom. The highest BCUT2D eigenvalue weighted by molar-refractivity contribution is 5.95. The number of hydrogen-bond donors (Lipinski definition) is 1. The smallest absolute Gasteiger partial charge is 0.345 e. The Balaban J connectivity index is 1.91. The van der Waals surface area contributed by atoms with Gasteiger partial charge in [0.1, 0.15) is 5.82 Å². The summed E-state index contributed by atoms with van der Waals surface area (Å²) in [4.78, 5) is 16.7. The van der Waals surface area contributed by atoms with Crippen LogP contribution in [0.2, 0.25) is 0 Å². The van der Waals surface area contributed by atoms with Crippen LogP contribution in [-0.4, -0.2) is 20.7 Å². The fraction of sp³-hybridized carbons (Fsp3) is 0.286. The number of carbonyl (C=O) groups excluding carboxylic acids is 1. The van der Waals surface area contributed by atoms with Crippen molar-refractivity contribution in [3.63, 3.8) is 0 Å². The van der Waals surface area contributed by atoms with Gasteiger partial charge in [0.25, 0.3) is 5.91 Å². The van der Waals surface area contributed by atoms with Crippen LogP contribution in [0, 0.1) is 5.82 Å². The molecule has 0 aliphatic rings. The number of nitrogens with one attached hydrogen (secondary N) is 1. The third kappa shape index (κ3) is 4.34. The van der Waals surface area contributed by atoms with Crippen molar-refractivity contribution >= 4 is 5.91 Å². The molecule has 0 saturated carbocycles. The predicted octanol–water partition coefficient (Wildman–Crippen LogP) is 5.04. The fourth-order valence-electron chi connectivity index (χ4n) is 3.13. The molecule has 0 spiro atoms. The second-order valence-corrected chi connectivity index (χ2v) is 7.13. The van der Waals surface area contributed by atoms with Crippen molar-refractivity contribution in [2.24, 2.45) is 0 Å². The lowest BCUT2D eigenvalue weighted by Gasteiger charge is -2.17. The summed E-state index contributed by atoms with van der Waals surface area (Å²) in [5.41, 5.74) is 0.199. The monoisotopic (exact) mass is 420 g/mol. The molecule has 0 bridgehead atoms. The highest BCUT2D eigenvalue weighted by Crippen LogP contribution is 2.29. The molecule has 1 N–H and O–H groups in total. The summed E-state index contributed by atoms with van der Waals surface area (Å²) in [7, 11) is 0. The fourth-order valence-corrected chi connectivity index (χ4v) is 3.13. The summed E-state index contributed by atoms with van der Waals surface area (Å²) in [5, 5.41) is 6.90. The van der Waals surface area contributed by atoms with Gasteiger partial charge in [-0.3, -0.25) is 4.79 Å². The van der Waals surface area contributed by atoms with Crippen LogP contribution in [0.15, 0.2) is 48.8 Å². The first kappa shape index (κ1) is 21.5. The van der Waals surface area contributed by atoms with Gasteiger partial charge in [-0.2, -0.15) is 18.3 Å². The van der Waals surface area contributed by atoms with E-state index in [0.29, 0.717) is 11.3 Å². The minimum absolute atomic E-state index is 0.160. The lowest BCUT2D eigenvalue weighted by Crippen LogP contribution is -2.28. The van der Waals surface area contributed by atoms with E-state index in [1.807, 2.05) is 13.8 Å².